The molecule has 0 aliphatic heterocycles. The topological polar surface area (TPSA) is 38.9 Å². The van der Waals surface area contributed by atoms with Gasteiger partial charge in [0.25, 0.3) is 0 Å². The van der Waals surface area contributed by atoms with Crippen LogP contribution in [0, 0.1) is 13.8 Å². The summed E-state index contributed by atoms with van der Waals surface area (Å²) in [6.07, 6.45) is 0.880. The predicted molar refractivity (Wildman–Crippen MR) is 70.0 cm³/mol. The molecule has 0 atom stereocenters. The molecular weight excluding hydrogens is 220 g/mol. The second-order valence-corrected chi connectivity index (χ2v) is 4.44. The minimum atomic E-state index is 0.681. The third-order valence-electron chi connectivity index (χ3n) is 2.99. The minimum absolute atomic E-state index is 0.681. The van der Waals surface area contributed by atoms with E-state index in [1.807, 2.05) is 26.0 Å². The average molecular weight is 235 g/mol. The van der Waals surface area contributed by atoms with E-state index in [1.54, 1.807) is 0 Å². The van der Waals surface area contributed by atoms with Gasteiger partial charge in [-0.2, -0.15) is 0 Å². The largest absolute Gasteiger partial charge is 0.398 e. The molecule has 2 rings (SSSR count). The van der Waals surface area contributed by atoms with Crippen LogP contribution in [0.1, 0.15) is 23.7 Å². The van der Waals surface area contributed by atoms with Crippen LogP contribution in [0.3, 0.4) is 0 Å². The Morgan fingerprint density at radius 2 is 2.00 bits per heavy atom. The molecule has 1 aromatic carbocycles. The Morgan fingerprint density at radius 1 is 1.31 bits per heavy atom. The van der Waals surface area contributed by atoms with Crippen LogP contribution in [-0.2, 0) is 6.42 Å². The highest BCUT2D eigenvalue weighted by Crippen LogP contribution is 2.33. The van der Waals surface area contributed by atoms with Crippen LogP contribution < -0.4 is 5.73 Å². The zero-order valence-corrected chi connectivity index (χ0v) is 10.5. The number of anilines is 1. The number of hydrogen-bond donors (Lipinski definition) is 1. The molecule has 0 spiro atoms. The van der Waals surface area contributed by atoms with Crippen molar-refractivity contribution in [2.75, 3.05) is 5.73 Å². The van der Waals surface area contributed by atoms with Gasteiger partial charge < -0.3 is 5.73 Å². The Morgan fingerprint density at radius 3 is 2.62 bits per heavy atom. The molecular formula is C13H15ClN2. The standard InChI is InChI=1S/C13H15ClN2/c1-4-9-8(3)16-13-7(2)5-6-10(14)11(13)12(9)15/h5-6H,4H2,1-3H3,(H2,15,16). The molecule has 2 N–H and O–H groups in total. The summed E-state index contributed by atoms with van der Waals surface area (Å²) >= 11 is 6.20. The van der Waals surface area contributed by atoms with E-state index < -0.39 is 0 Å². The van der Waals surface area contributed by atoms with Gasteiger partial charge in [-0.3, -0.25) is 4.98 Å². The maximum atomic E-state index is 6.20. The van der Waals surface area contributed by atoms with Crippen LogP contribution in [0.2, 0.25) is 5.02 Å². The lowest BCUT2D eigenvalue weighted by molar-refractivity contribution is 1.07. The summed E-state index contributed by atoms with van der Waals surface area (Å²) in [5.41, 5.74) is 11.1. The van der Waals surface area contributed by atoms with Gasteiger partial charge in [-0.15, -0.1) is 0 Å². The number of halogens is 1. The highest BCUT2D eigenvalue weighted by atomic mass is 35.5. The fraction of sp³-hybridized carbons (Fsp3) is 0.308. The van der Waals surface area contributed by atoms with E-state index >= 15 is 0 Å². The molecule has 3 heteroatoms. The molecule has 1 heterocycles. The molecule has 0 radical (unpaired) electrons. The molecule has 0 aliphatic carbocycles. The molecule has 0 fully saturated rings. The summed E-state index contributed by atoms with van der Waals surface area (Å²) in [6, 6.07) is 3.86. The fourth-order valence-corrected chi connectivity index (χ4v) is 2.35. The molecule has 0 saturated heterocycles. The zero-order chi connectivity index (χ0) is 11.9. The third kappa shape index (κ3) is 1.54. The van der Waals surface area contributed by atoms with Crippen LogP contribution >= 0.6 is 11.6 Å². The fourth-order valence-electron chi connectivity index (χ4n) is 2.10. The Hall–Kier alpha value is -1.28. The predicted octanol–water partition coefficient (Wildman–Crippen LogP) is 3.65. The summed E-state index contributed by atoms with van der Waals surface area (Å²) in [7, 11) is 0. The van der Waals surface area contributed by atoms with E-state index in [2.05, 4.69) is 11.9 Å². The monoisotopic (exact) mass is 234 g/mol. The first-order valence-corrected chi connectivity index (χ1v) is 5.77. The highest BCUT2D eigenvalue weighted by molar-refractivity contribution is 6.36. The number of nitrogens with two attached hydrogens (primary N) is 1. The van der Waals surface area contributed by atoms with Gasteiger partial charge in [-0.25, -0.2) is 0 Å². The smallest absolute Gasteiger partial charge is 0.0770 e. The van der Waals surface area contributed by atoms with Crippen LogP contribution in [0.25, 0.3) is 10.9 Å². The Balaban J connectivity index is 2.98. The molecule has 0 aliphatic rings. The van der Waals surface area contributed by atoms with Crippen molar-refractivity contribution in [3.63, 3.8) is 0 Å². The average Bonchev–Trinajstić information content (AvgIpc) is 2.24. The summed E-state index contributed by atoms with van der Waals surface area (Å²) in [5.74, 6) is 0. The van der Waals surface area contributed by atoms with Crippen LogP contribution in [0.5, 0.6) is 0 Å². The van der Waals surface area contributed by atoms with Crippen LogP contribution in [-0.4, -0.2) is 4.98 Å². The first-order valence-electron chi connectivity index (χ1n) is 5.40. The molecule has 0 bridgehead atoms. The van der Waals surface area contributed by atoms with E-state index in [0.29, 0.717) is 5.02 Å². The van der Waals surface area contributed by atoms with Gasteiger partial charge in [0.1, 0.15) is 0 Å². The molecule has 84 valence electrons. The number of pyridine rings is 1. The normalized spacial score (nSPS) is 11.0. The van der Waals surface area contributed by atoms with Gasteiger partial charge in [0.15, 0.2) is 0 Å². The lowest BCUT2D eigenvalue weighted by Crippen LogP contribution is -2.01. The van der Waals surface area contributed by atoms with Crippen LogP contribution in [0.15, 0.2) is 12.1 Å². The summed E-state index contributed by atoms with van der Waals surface area (Å²) in [5, 5.41) is 1.57. The maximum Gasteiger partial charge on any atom is 0.0770 e. The Kier molecular flexibility index (Phi) is 2.76. The van der Waals surface area contributed by atoms with Crippen molar-refractivity contribution in [3.8, 4) is 0 Å². The SMILES string of the molecule is CCc1c(C)nc2c(C)ccc(Cl)c2c1N. The van der Waals surface area contributed by atoms with E-state index in [1.165, 1.54) is 0 Å². The van der Waals surface area contributed by atoms with Crippen molar-refractivity contribution in [3.05, 3.63) is 34.0 Å². The van der Waals surface area contributed by atoms with E-state index in [-0.39, 0.29) is 0 Å². The lowest BCUT2D eigenvalue weighted by atomic mass is 10.0. The first-order chi connectivity index (χ1) is 7.56. The molecule has 0 saturated carbocycles. The summed E-state index contributed by atoms with van der Waals surface area (Å²) in [6.45, 7) is 6.10. The highest BCUT2D eigenvalue weighted by Gasteiger charge is 2.12. The van der Waals surface area contributed by atoms with Gasteiger partial charge in [0.05, 0.1) is 10.5 Å². The summed E-state index contributed by atoms with van der Waals surface area (Å²) in [4.78, 5) is 4.60. The minimum Gasteiger partial charge on any atom is -0.398 e. The van der Waals surface area contributed by atoms with Gasteiger partial charge in [-0.1, -0.05) is 24.6 Å². The maximum absolute atomic E-state index is 6.20. The van der Waals surface area contributed by atoms with Crippen molar-refractivity contribution in [1.82, 2.24) is 4.98 Å². The summed E-state index contributed by atoms with van der Waals surface area (Å²) < 4.78 is 0. The van der Waals surface area contributed by atoms with Crippen molar-refractivity contribution < 1.29 is 0 Å². The van der Waals surface area contributed by atoms with E-state index in [4.69, 9.17) is 17.3 Å². The van der Waals surface area contributed by atoms with Gasteiger partial charge in [-0.05, 0) is 37.5 Å². The van der Waals surface area contributed by atoms with Crippen LogP contribution in [0.4, 0.5) is 5.69 Å². The second-order valence-electron chi connectivity index (χ2n) is 4.03. The number of aromatic nitrogens is 1. The van der Waals surface area contributed by atoms with Crippen molar-refractivity contribution in [1.29, 1.82) is 0 Å². The quantitative estimate of drug-likeness (QED) is 0.818. The van der Waals surface area contributed by atoms with E-state index in [9.17, 15) is 0 Å². The lowest BCUT2D eigenvalue weighted by Gasteiger charge is -2.13. The number of aryl methyl sites for hydroxylation is 2. The second kappa shape index (κ2) is 3.95. The van der Waals surface area contributed by atoms with Crippen molar-refractivity contribution >= 4 is 28.2 Å². The van der Waals surface area contributed by atoms with Crippen molar-refractivity contribution in [2.45, 2.75) is 27.2 Å². The molecule has 0 amide bonds. The Bertz CT molecular complexity index is 562. The molecule has 16 heavy (non-hydrogen) atoms. The molecule has 0 unspecified atom stereocenters. The number of benzene rings is 1. The number of nitrogen functional groups attached to an aromatic ring is 1. The number of fused-ring (bicyclic) bond motifs is 1. The van der Waals surface area contributed by atoms with Gasteiger partial charge >= 0.3 is 0 Å². The number of nitrogens with zero attached hydrogens (tertiary/aromatic N) is 1. The number of rotatable bonds is 1. The molecule has 2 aromatic rings. The Labute approximate surface area is 100 Å². The van der Waals surface area contributed by atoms with Crippen molar-refractivity contribution in [2.24, 2.45) is 0 Å². The van der Waals surface area contributed by atoms with E-state index in [0.717, 1.165) is 39.8 Å². The number of hydrogen-bond acceptors (Lipinski definition) is 2. The molecule has 1 aromatic heterocycles. The first kappa shape index (κ1) is 11.2. The van der Waals surface area contributed by atoms with Gasteiger partial charge in [0.2, 0.25) is 0 Å². The zero-order valence-electron chi connectivity index (χ0n) is 9.76. The third-order valence-corrected chi connectivity index (χ3v) is 3.31. The van der Waals surface area contributed by atoms with Gasteiger partial charge in [0, 0.05) is 16.8 Å². The molecule has 2 nitrogen and oxygen atoms in total.